The Hall–Kier alpha value is -1.46. The number of aryl methyl sites for hydroxylation is 1. The largest absolute Gasteiger partial charge is 0.470 e. The molecule has 0 aliphatic carbocycles. The van der Waals surface area contributed by atoms with Crippen LogP contribution in [-0.2, 0) is 28.2 Å². The topological polar surface area (TPSA) is 100 Å². The summed E-state index contributed by atoms with van der Waals surface area (Å²) in [7, 11) is -0.699. The predicted octanol–water partition coefficient (Wildman–Crippen LogP) is 1.41. The third-order valence-electron chi connectivity index (χ3n) is 2.59. The molecule has 2 heterocycles. The lowest BCUT2D eigenvalue weighted by Gasteiger charge is -2.04. The minimum Gasteiger partial charge on any atom is -0.470 e. The number of esters is 1. The van der Waals surface area contributed by atoms with Crippen LogP contribution in [0, 0.1) is 0 Å². The molecule has 0 atom stereocenters. The molecule has 0 fully saturated rings. The highest BCUT2D eigenvalue weighted by Gasteiger charge is 2.29. The molecule has 2 aromatic rings. The van der Waals surface area contributed by atoms with Crippen molar-refractivity contribution in [1.82, 2.24) is 14.2 Å². The number of carbonyl (C=O) groups excluding carboxylic acids is 1. The maximum Gasteiger partial charge on any atom is 0.345 e. The SMILES string of the molecule is COC(=O)c1c(OCc2cc(Br)n(C)n2)nsc1S(C)(=O)=O. The number of nitrogens with zero attached hydrogens (tertiary/aromatic N) is 3. The average Bonchev–Trinajstić information content (AvgIpc) is 2.99. The molecule has 2 rings (SSSR count). The molecular weight excluding hydrogens is 398 g/mol. The van der Waals surface area contributed by atoms with Crippen LogP contribution in [0.4, 0.5) is 0 Å². The summed E-state index contributed by atoms with van der Waals surface area (Å²) in [6, 6.07) is 1.74. The van der Waals surface area contributed by atoms with E-state index in [-0.39, 0.29) is 22.3 Å². The molecular formula is C11H12BrN3O5S2. The van der Waals surface area contributed by atoms with E-state index >= 15 is 0 Å². The van der Waals surface area contributed by atoms with Crippen LogP contribution in [0.1, 0.15) is 16.1 Å². The zero-order chi connectivity index (χ0) is 16.5. The lowest BCUT2D eigenvalue weighted by Crippen LogP contribution is -2.09. The number of aromatic nitrogens is 3. The first-order valence-corrected chi connectivity index (χ1v) is 9.29. The van der Waals surface area contributed by atoms with Crippen LogP contribution in [0.3, 0.4) is 0 Å². The van der Waals surface area contributed by atoms with Gasteiger partial charge in [-0.2, -0.15) is 9.47 Å². The van der Waals surface area contributed by atoms with Gasteiger partial charge in [-0.05, 0) is 33.5 Å². The van der Waals surface area contributed by atoms with Crippen LogP contribution in [0.2, 0.25) is 0 Å². The Bertz CT molecular complexity index is 792. The minimum absolute atomic E-state index is 0.0381. The minimum atomic E-state index is -3.61. The molecule has 0 aliphatic rings. The average molecular weight is 410 g/mol. The van der Waals surface area contributed by atoms with Crippen molar-refractivity contribution in [2.24, 2.45) is 7.05 Å². The second kappa shape index (κ2) is 6.34. The van der Waals surface area contributed by atoms with Crippen molar-refractivity contribution in [2.75, 3.05) is 13.4 Å². The molecule has 8 nitrogen and oxygen atoms in total. The third kappa shape index (κ3) is 3.47. The van der Waals surface area contributed by atoms with Gasteiger partial charge in [-0.25, -0.2) is 13.2 Å². The Balaban J connectivity index is 2.31. The summed E-state index contributed by atoms with van der Waals surface area (Å²) in [6.45, 7) is 0.0381. The Labute approximate surface area is 139 Å². The highest BCUT2D eigenvalue weighted by Crippen LogP contribution is 2.30. The Morgan fingerprint density at radius 1 is 1.50 bits per heavy atom. The van der Waals surface area contributed by atoms with Gasteiger partial charge in [0.15, 0.2) is 19.6 Å². The third-order valence-corrected chi connectivity index (χ3v) is 5.96. The quantitative estimate of drug-likeness (QED) is 0.687. The van der Waals surface area contributed by atoms with E-state index in [0.29, 0.717) is 17.2 Å². The van der Waals surface area contributed by atoms with Gasteiger partial charge in [-0.15, -0.1) is 0 Å². The molecule has 22 heavy (non-hydrogen) atoms. The van der Waals surface area contributed by atoms with E-state index in [9.17, 15) is 13.2 Å². The molecule has 0 aromatic carbocycles. The molecule has 0 amide bonds. The van der Waals surface area contributed by atoms with Crippen molar-refractivity contribution in [3.8, 4) is 5.88 Å². The van der Waals surface area contributed by atoms with Crippen molar-refractivity contribution < 1.29 is 22.7 Å². The summed E-state index contributed by atoms with van der Waals surface area (Å²) in [5.41, 5.74) is 0.407. The summed E-state index contributed by atoms with van der Waals surface area (Å²) >= 11 is 3.97. The molecule has 2 aromatic heterocycles. The smallest absolute Gasteiger partial charge is 0.345 e. The number of rotatable bonds is 5. The second-order valence-corrected chi connectivity index (χ2v) is 8.08. The second-order valence-electron chi connectivity index (χ2n) is 4.28. The maximum absolute atomic E-state index is 11.8. The van der Waals surface area contributed by atoms with Crippen LogP contribution < -0.4 is 4.74 Å². The number of hydrogen-bond donors (Lipinski definition) is 0. The molecule has 0 unspecified atom stereocenters. The number of ether oxygens (including phenoxy) is 2. The molecule has 0 radical (unpaired) electrons. The van der Waals surface area contributed by atoms with E-state index in [4.69, 9.17) is 4.74 Å². The van der Waals surface area contributed by atoms with Gasteiger partial charge in [-0.3, -0.25) is 4.68 Å². The summed E-state index contributed by atoms with van der Waals surface area (Å²) in [4.78, 5) is 11.8. The van der Waals surface area contributed by atoms with Crippen molar-refractivity contribution >= 4 is 43.3 Å². The summed E-state index contributed by atoms with van der Waals surface area (Å²) < 4.78 is 39.5. The first kappa shape index (κ1) is 16.9. The lowest BCUT2D eigenvalue weighted by atomic mass is 10.3. The molecule has 0 bridgehead atoms. The first-order chi connectivity index (χ1) is 10.2. The van der Waals surface area contributed by atoms with E-state index in [2.05, 4.69) is 30.1 Å². The number of halogens is 1. The Kier molecular flexibility index (Phi) is 4.87. The fourth-order valence-electron chi connectivity index (χ4n) is 1.60. The van der Waals surface area contributed by atoms with Gasteiger partial charge in [0.1, 0.15) is 16.9 Å². The van der Waals surface area contributed by atoms with Gasteiger partial charge in [0.2, 0.25) is 5.88 Å². The van der Waals surface area contributed by atoms with Gasteiger partial charge in [0.25, 0.3) is 0 Å². The zero-order valence-corrected chi connectivity index (χ0v) is 15.1. The zero-order valence-electron chi connectivity index (χ0n) is 11.9. The lowest BCUT2D eigenvalue weighted by molar-refractivity contribution is 0.0591. The van der Waals surface area contributed by atoms with Crippen molar-refractivity contribution in [3.05, 3.63) is 21.9 Å². The van der Waals surface area contributed by atoms with E-state index in [0.717, 1.165) is 18.0 Å². The van der Waals surface area contributed by atoms with E-state index in [1.165, 1.54) is 0 Å². The van der Waals surface area contributed by atoms with Crippen molar-refractivity contribution in [2.45, 2.75) is 10.8 Å². The number of sulfone groups is 1. The normalized spacial score (nSPS) is 11.5. The van der Waals surface area contributed by atoms with Gasteiger partial charge in [-0.1, -0.05) is 0 Å². The number of carbonyl (C=O) groups is 1. The van der Waals surface area contributed by atoms with Crippen LogP contribution in [-0.4, -0.2) is 41.9 Å². The highest BCUT2D eigenvalue weighted by atomic mass is 79.9. The van der Waals surface area contributed by atoms with Crippen molar-refractivity contribution in [3.63, 3.8) is 0 Å². The van der Waals surface area contributed by atoms with E-state index in [1.54, 1.807) is 17.8 Å². The molecule has 0 saturated carbocycles. The summed E-state index contributed by atoms with van der Waals surface area (Å²) in [5, 5.41) is 4.16. The Morgan fingerprint density at radius 2 is 2.18 bits per heavy atom. The fraction of sp³-hybridized carbons (Fsp3) is 0.364. The molecule has 11 heteroatoms. The highest BCUT2D eigenvalue weighted by molar-refractivity contribution is 9.10. The molecule has 0 aliphatic heterocycles. The molecule has 0 N–H and O–H groups in total. The van der Waals surface area contributed by atoms with Crippen molar-refractivity contribution in [1.29, 1.82) is 0 Å². The van der Waals surface area contributed by atoms with E-state index < -0.39 is 15.8 Å². The molecule has 0 saturated heterocycles. The van der Waals surface area contributed by atoms with Gasteiger partial charge < -0.3 is 9.47 Å². The van der Waals surface area contributed by atoms with Crippen LogP contribution in [0.15, 0.2) is 14.9 Å². The van der Waals surface area contributed by atoms with Gasteiger partial charge in [0, 0.05) is 13.3 Å². The molecule has 0 spiro atoms. The van der Waals surface area contributed by atoms with Gasteiger partial charge in [0.05, 0.1) is 7.11 Å². The van der Waals surface area contributed by atoms with Gasteiger partial charge >= 0.3 is 5.97 Å². The number of hydrogen-bond acceptors (Lipinski definition) is 8. The predicted molar refractivity (Wildman–Crippen MR) is 81.8 cm³/mol. The fourth-order valence-corrected chi connectivity index (χ4v) is 3.71. The first-order valence-electron chi connectivity index (χ1n) is 5.83. The summed E-state index contributed by atoms with van der Waals surface area (Å²) in [5.74, 6) is -0.898. The Morgan fingerprint density at radius 3 is 2.68 bits per heavy atom. The number of methoxy groups -OCH3 is 1. The van der Waals surface area contributed by atoms with Crippen LogP contribution in [0.25, 0.3) is 0 Å². The van der Waals surface area contributed by atoms with Crippen LogP contribution >= 0.6 is 27.5 Å². The molecule has 120 valence electrons. The standard InChI is InChI=1S/C11H12BrN3O5S2/c1-15-7(12)4-6(13-15)5-20-9-8(10(16)19-2)11(21-14-9)22(3,17)18/h4H,5H2,1-3H3. The van der Waals surface area contributed by atoms with E-state index in [1.807, 2.05) is 0 Å². The van der Waals surface area contributed by atoms with Crippen LogP contribution in [0.5, 0.6) is 5.88 Å². The monoisotopic (exact) mass is 409 g/mol. The maximum atomic E-state index is 11.8. The summed E-state index contributed by atoms with van der Waals surface area (Å²) in [6.07, 6.45) is 0.993.